The fraction of sp³-hybridized carbons (Fsp3) is 0.355. The van der Waals surface area contributed by atoms with E-state index in [1.54, 1.807) is 31.2 Å². The van der Waals surface area contributed by atoms with Crippen LogP contribution in [0.3, 0.4) is 0 Å². The lowest BCUT2D eigenvalue weighted by Gasteiger charge is -2.32. The molecular weight excluding hydrogens is 603 g/mol. The van der Waals surface area contributed by atoms with E-state index in [0.29, 0.717) is 22.4 Å². The van der Waals surface area contributed by atoms with Crippen molar-refractivity contribution in [1.29, 1.82) is 0 Å². The van der Waals surface area contributed by atoms with Gasteiger partial charge in [0.05, 0.1) is 21.2 Å². The summed E-state index contributed by atoms with van der Waals surface area (Å²) in [6.45, 7) is 7.95. The lowest BCUT2D eigenvalue weighted by molar-refractivity contribution is -0.139. The molecule has 0 aliphatic carbocycles. The van der Waals surface area contributed by atoms with Gasteiger partial charge in [-0.25, -0.2) is 8.42 Å². The van der Waals surface area contributed by atoms with Crippen LogP contribution >= 0.6 is 11.6 Å². The Bertz CT molecular complexity index is 1550. The third kappa shape index (κ3) is 8.51. The molecule has 3 aromatic carbocycles. The van der Waals surface area contributed by atoms with Crippen LogP contribution in [0.2, 0.25) is 5.02 Å². The van der Waals surface area contributed by atoms with Gasteiger partial charge in [0.25, 0.3) is 10.0 Å². The zero-order chi connectivity index (χ0) is 32.1. The highest BCUT2D eigenvalue weighted by atomic mass is 35.5. The van der Waals surface area contributed by atoms with E-state index >= 15 is 0 Å². The summed E-state index contributed by atoms with van der Waals surface area (Å²) in [5.74, 6) is -1.24. The summed E-state index contributed by atoms with van der Waals surface area (Å²) in [6.07, 6.45) is -4.23. The fourth-order valence-corrected chi connectivity index (χ4v) is 5.82. The highest BCUT2D eigenvalue weighted by Gasteiger charge is 2.37. The summed E-state index contributed by atoms with van der Waals surface area (Å²) in [6, 6.07) is 14.4. The minimum absolute atomic E-state index is 0.0406. The highest BCUT2D eigenvalue weighted by molar-refractivity contribution is 7.92. The van der Waals surface area contributed by atoms with Crippen LogP contribution in [0.25, 0.3) is 0 Å². The Morgan fingerprint density at radius 1 is 0.930 bits per heavy atom. The van der Waals surface area contributed by atoms with Gasteiger partial charge in [0.1, 0.15) is 12.6 Å². The Labute approximate surface area is 255 Å². The molecule has 7 nitrogen and oxygen atoms in total. The van der Waals surface area contributed by atoms with E-state index in [-0.39, 0.29) is 17.5 Å². The third-order valence-corrected chi connectivity index (χ3v) is 9.19. The first-order valence-electron chi connectivity index (χ1n) is 13.7. The van der Waals surface area contributed by atoms with Crippen LogP contribution < -0.4 is 9.62 Å². The first-order valence-corrected chi connectivity index (χ1v) is 15.5. The second-order valence-electron chi connectivity index (χ2n) is 10.5. The molecule has 0 saturated heterocycles. The SMILES string of the molecule is CCC(C)NC(=O)C(C)N(Cc1ccc(C)cc1)C(=O)CN(c1ccc(Cl)c(C(F)(F)F)c1)S(=O)(=O)c1ccc(C)cc1. The summed E-state index contributed by atoms with van der Waals surface area (Å²) in [5, 5.41) is 2.21. The maximum absolute atomic E-state index is 14.0. The number of halogens is 4. The highest BCUT2D eigenvalue weighted by Crippen LogP contribution is 2.38. The monoisotopic (exact) mass is 637 g/mol. The van der Waals surface area contributed by atoms with Crippen molar-refractivity contribution >= 4 is 39.1 Å². The van der Waals surface area contributed by atoms with Gasteiger partial charge in [-0.05, 0) is 70.0 Å². The molecule has 1 N–H and O–H groups in total. The van der Waals surface area contributed by atoms with Gasteiger partial charge in [0.2, 0.25) is 11.8 Å². The molecule has 0 spiro atoms. The Balaban J connectivity index is 2.11. The number of benzene rings is 3. The van der Waals surface area contributed by atoms with Crippen LogP contribution in [0.1, 0.15) is 49.4 Å². The first kappa shape index (κ1) is 33.9. The fourth-order valence-electron chi connectivity index (χ4n) is 4.19. The van der Waals surface area contributed by atoms with Crippen molar-refractivity contribution < 1.29 is 31.2 Å². The van der Waals surface area contributed by atoms with E-state index in [0.717, 1.165) is 23.3 Å². The Hall–Kier alpha value is -3.57. The number of carbonyl (C=O) groups is 2. The summed E-state index contributed by atoms with van der Waals surface area (Å²) in [7, 11) is -4.55. The van der Waals surface area contributed by atoms with Crippen molar-refractivity contribution in [2.24, 2.45) is 0 Å². The molecule has 3 rings (SSSR count). The molecule has 232 valence electrons. The molecule has 0 fully saturated rings. The molecular formula is C31H35ClF3N3O4S. The molecule has 0 aromatic heterocycles. The topological polar surface area (TPSA) is 86.8 Å². The number of sulfonamides is 1. The summed E-state index contributed by atoms with van der Waals surface area (Å²) in [4.78, 5) is 28.1. The van der Waals surface area contributed by atoms with Gasteiger partial charge in [0, 0.05) is 12.6 Å². The minimum Gasteiger partial charge on any atom is -0.352 e. The summed E-state index contributed by atoms with van der Waals surface area (Å²) >= 11 is 5.81. The van der Waals surface area contributed by atoms with Gasteiger partial charge in [-0.1, -0.05) is 66.0 Å². The van der Waals surface area contributed by atoms with E-state index < -0.39 is 56.9 Å². The van der Waals surface area contributed by atoms with E-state index in [9.17, 15) is 31.2 Å². The average molecular weight is 638 g/mol. The molecule has 0 radical (unpaired) electrons. The summed E-state index contributed by atoms with van der Waals surface area (Å²) in [5.41, 5.74) is 0.764. The lowest BCUT2D eigenvalue weighted by atomic mass is 10.1. The second-order valence-corrected chi connectivity index (χ2v) is 12.8. The largest absolute Gasteiger partial charge is 0.417 e. The zero-order valence-corrected chi connectivity index (χ0v) is 26.1. The Morgan fingerprint density at radius 2 is 1.49 bits per heavy atom. The van der Waals surface area contributed by atoms with Crippen LogP contribution in [0.15, 0.2) is 71.6 Å². The normalized spacial score (nSPS) is 13.2. The maximum Gasteiger partial charge on any atom is 0.417 e. The van der Waals surface area contributed by atoms with Gasteiger partial charge in [0.15, 0.2) is 0 Å². The number of carbonyl (C=O) groups excluding carboxylic acids is 2. The van der Waals surface area contributed by atoms with E-state index in [2.05, 4.69) is 5.32 Å². The van der Waals surface area contributed by atoms with E-state index in [1.807, 2.05) is 32.9 Å². The van der Waals surface area contributed by atoms with Gasteiger partial charge in [-0.2, -0.15) is 13.2 Å². The number of amides is 2. The standard InChI is InChI=1S/C31H35ClF3N3O4S/c1-6-22(4)36-30(40)23(5)37(18-24-11-7-20(2)8-12-24)29(39)19-38(43(41,42)26-14-9-21(3)10-15-26)25-13-16-28(32)27(17-25)31(33,34)35/h7-17,22-23H,6,18-19H2,1-5H3,(H,36,40). The molecule has 0 aliphatic rings. The molecule has 0 saturated carbocycles. The number of anilines is 1. The van der Waals surface area contributed by atoms with Crippen molar-refractivity contribution in [3.8, 4) is 0 Å². The number of nitrogens with zero attached hydrogens (tertiary/aromatic N) is 2. The number of alkyl halides is 3. The maximum atomic E-state index is 14.0. The van der Waals surface area contributed by atoms with Crippen LogP contribution in [-0.2, 0) is 32.3 Å². The molecule has 43 heavy (non-hydrogen) atoms. The first-order chi connectivity index (χ1) is 20.0. The number of rotatable bonds is 11. The molecule has 2 amide bonds. The minimum atomic E-state index is -4.88. The zero-order valence-electron chi connectivity index (χ0n) is 24.6. The predicted octanol–water partition coefficient (Wildman–Crippen LogP) is 6.50. The van der Waals surface area contributed by atoms with Crippen molar-refractivity contribution in [2.75, 3.05) is 10.8 Å². The molecule has 3 aromatic rings. The predicted molar refractivity (Wildman–Crippen MR) is 161 cm³/mol. The average Bonchev–Trinajstić information content (AvgIpc) is 2.95. The number of aryl methyl sites for hydroxylation is 2. The Kier molecular flexibility index (Phi) is 10.9. The van der Waals surface area contributed by atoms with Crippen LogP contribution in [0, 0.1) is 13.8 Å². The molecule has 0 bridgehead atoms. The van der Waals surface area contributed by atoms with Gasteiger partial charge >= 0.3 is 6.18 Å². The lowest BCUT2D eigenvalue weighted by Crippen LogP contribution is -2.52. The quantitative estimate of drug-likeness (QED) is 0.260. The van der Waals surface area contributed by atoms with Crippen LogP contribution in [0.4, 0.5) is 18.9 Å². The molecule has 12 heteroatoms. The van der Waals surface area contributed by atoms with Crippen LogP contribution in [0.5, 0.6) is 0 Å². The molecule has 2 atom stereocenters. The van der Waals surface area contributed by atoms with Crippen molar-refractivity contribution in [3.63, 3.8) is 0 Å². The summed E-state index contributed by atoms with van der Waals surface area (Å²) < 4.78 is 69.7. The number of hydrogen-bond donors (Lipinski definition) is 1. The molecule has 2 unspecified atom stereocenters. The van der Waals surface area contributed by atoms with Crippen LogP contribution in [-0.4, -0.2) is 43.8 Å². The van der Waals surface area contributed by atoms with Gasteiger partial charge in [-0.15, -0.1) is 0 Å². The van der Waals surface area contributed by atoms with E-state index in [4.69, 9.17) is 11.6 Å². The smallest absolute Gasteiger partial charge is 0.352 e. The third-order valence-electron chi connectivity index (χ3n) is 7.07. The van der Waals surface area contributed by atoms with Crippen molar-refractivity contribution in [2.45, 2.75) is 70.7 Å². The van der Waals surface area contributed by atoms with Crippen molar-refractivity contribution in [1.82, 2.24) is 10.2 Å². The molecule has 0 aliphatic heterocycles. The Morgan fingerprint density at radius 3 is 2.02 bits per heavy atom. The van der Waals surface area contributed by atoms with E-state index in [1.165, 1.54) is 24.0 Å². The number of nitrogens with one attached hydrogen (secondary N) is 1. The van der Waals surface area contributed by atoms with Gasteiger partial charge in [-0.3, -0.25) is 13.9 Å². The van der Waals surface area contributed by atoms with Gasteiger partial charge < -0.3 is 10.2 Å². The second kappa shape index (κ2) is 13.8. The van der Waals surface area contributed by atoms with Crippen molar-refractivity contribution in [3.05, 3.63) is 94.0 Å². The molecule has 0 heterocycles. The number of hydrogen-bond acceptors (Lipinski definition) is 4.